The summed E-state index contributed by atoms with van der Waals surface area (Å²) in [7, 11) is -0.460. The fourth-order valence-corrected chi connectivity index (χ4v) is 6.14. The van der Waals surface area contributed by atoms with E-state index in [0.29, 0.717) is 24.7 Å². The Bertz CT molecular complexity index is 1350. The molecular weight excluding hydrogens is 556 g/mol. The number of benzene rings is 2. The molecule has 0 unspecified atom stereocenters. The average Bonchev–Trinajstić information content (AvgIpc) is 3.43. The van der Waals surface area contributed by atoms with Crippen LogP contribution in [-0.2, 0) is 20.5 Å². The molecule has 44 heavy (non-hydrogen) atoms. The Morgan fingerprint density at radius 2 is 1.70 bits per heavy atom. The van der Waals surface area contributed by atoms with Crippen molar-refractivity contribution in [2.45, 2.75) is 91.8 Å². The molecule has 0 amide bonds. The first-order valence-corrected chi connectivity index (χ1v) is 16.2. The third kappa shape index (κ3) is 7.24. The molecule has 0 bridgehead atoms. The Kier molecular flexibility index (Phi) is 9.65. The molecule has 238 valence electrons. The summed E-state index contributed by atoms with van der Waals surface area (Å²) in [5.41, 5.74) is 4.08. The molecule has 2 aromatic rings. The SMILES string of the molecule is CC(C)(C)C(=O)Oc1ccc2c(c1)CCCC(B1OC(C)(C)C(C)(C)O1)=C2c1ccc(OC[C@H]2CCN(CCCF)C2)cc1. The number of hydrogen-bond acceptors (Lipinski definition) is 6. The van der Waals surface area contributed by atoms with Crippen LogP contribution in [0.5, 0.6) is 11.5 Å². The summed E-state index contributed by atoms with van der Waals surface area (Å²) in [6.07, 6.45) is 4.30. The van der Waals surface area contributed by atoms with E-state index in [2.05, 4.69) is 50.8 Å². The molecule has 3 aliphatic rings. The highest BCUT2D eigenvalue weighted by molar-refractivity contribution is 6.56. The van der Waals surface area contributed by atoms with Gasteiger partial charge in [0.15, 0.2) is 0 Å². The summed E-state index contributed by atoms with van der Waals surface area (Å²) in [5.74, 6) is 1.62. The Morgan fingerprint density at radius 1 is 1.02 bits per heavy atom. The van der Waals surface area contributed by atoms with E-state index in [-0.39, 0.29) is 12.6 Å². The molecule has 6 nitrogen and oxygen atoms in total. The predicted octanol–water partition coefficient (Wildman–Crippen LogP) is 7.47. The van der Waals surface area contributed by atoms with E-state index in [1.165, 1.54) is 0 Å². The molecule has 8 heteroatoms. The molecule has 2 aliphatic heterocycles. The number of nitrogens with zero attached hydrogens (tertiary/aromatic N) is 1. The van der Waals surface area contributed by atoms with Gasteiger partial charge < -0.3 is 23.7 Å². The molecule has 5 rings (SSSR count). The van der Waals surface area contributed by atoms with Crippen LogP contribution in [0.3, 0.4) is 0 Å². The van der Waals surface area contributed by atoms with Crippen LogP contribution in [0.2, 0.25) is 0 Å². The lowest BCUT2D eigenvalue weighted by atomic mass is 9.70. The topological polar surface area (TPSA) is 57.2 Å². The second-order valence-electron chi connectivity index (χ2n) is 14.6. The maximum Gasteiger partial charge on any atom is 0.491 e. The number of esters is 1. The minimum Gasteiger partial charge on any atom is -0.493 e. The molecule has 0 aromatic heterocycles. The first-order valence-electron chi connectivity index (χ1n) is 16.2. The van der Waals surface area contributed by atoms with Gasteiger partial charge in [-0.15, -0.1) is 0 Å². The third-order valence-electron chi connectivity index (χ3n) is 9.53. The summed E-state index contributed by atoms with van der Waals surface area (Å²) in [4.78, 5) is 15.0. The smallest absolute Gasteiger partial charge is 0.491 e. The van der Waals surface area contributed by atoms with Gasteiger partial charge in [-0.2, -0.15) is 0 Å². The number of aryl methyl sites for hydroxylation is 1. The highest BCUT2D eigenvalue weighted by Crippen LogP contribution is 2.44. The molecule has 0 saturated carbocycles. The Hall–Kier alpha value is -2.68. The van der Waals surface area contributed by atoms with E-state index in [1.807, 2.05) is 45.0 Å². The lowest BCUT2D eigenvalue weighted by molar-refractivity contribution is -0.143. The van der Waals surface area contributed by atoms with Crippen LogP contribution in [0.1, 0.15) is 90.8 Å². The summed E-state index contributed by atoms with van der Waals surface area (Å²) in [5, 5.41) is 0. The third-order valence-corrected chi connectivity index (χ3v) is 9.53. The zero-order valence-corrected chi connectivity index (χ0v) is 27.6. The number of rotatable bonds is 9. The number of fused-ring (bicyclic) bond motifs is 1. The summed E-state index contributed by atoms with van der Waals surface area (Å²) < 4.78 is 37.8. The van der Waals surface area contributed by atoms with Crippen molar-refractivity contribution < 1.29 is 28.0 Å². The Morgan fingerprint density at radius 3 is 2.36 bits per heavy atom. The minimum absolute atomic E-state index is 0.250. The van der Waals surface area contributed by atoms with Gasteiger partial charge in [0, 0.05) is 19.0 Å². The number of hydrogen-bond donors (Lipinski definition) is 0. The molecule has 0 spiro atoms. The molecule has 1 aliphatic carbocycles. The van der Waals surface area contributed by atoms with Crippen LogP contribution >= 0.6 is 0 Å². The van der Waals surface area contributed by atoms with Gasteiger partial charge in [-0.25, -0.2) is 0 Å². The van der Waals surface area contributed by atoms with Gasteiger partial charge in [0.2, 0.25) is 0 Å². The number of carbonyl (C=O) groups excluding carboxylic acids is 1. The largest absolute Gasteiger partial charge is 0.493 e. The van der Waals surface area contributed by atoms with E-state index in [4.69, 9.17) is 18.8 Å². The van der Waals surface area contributed by atoms with E-state index < -0.39 is 23.7 Å². The van der Waals surface area contributed by atoms with E-state index >= 15 is 0 Å². The zero-order chi connectivity index (χ0) is 31.7. The fourth-order valence-electron chi connectivity index (χ4n) is 6.14. The lowest BCUT2D eigenvalue weighted by Crippen LogP contribution is -2.41. The normalized spacial score (nSPS) is 21.7. The van der Waals surface area contributed by atoms with Crippen LogP contribution < -0.4 is 9.47 Å². The van der Waals surface area contributed by atoms with E-state index in [9.17, 15) is 9.18 Å². The maximum atomic E-state index is 12.6. The van der Waals surface area contributed by atoms with Crippen molar-refractivity contribution in [2.24, 2.45) is 11.3 Å². The summed E-state index contributed by atoms with van der Waals surface area (Å²) >= 11 is 0. The van der Waals surface area contributed by atoms with Gasteiger partial charge in [-0.3, -0.25) is 9.18 Å². The summed E-state index contributed by atoms with van der Waals surface area (Å²) in [6.45, 7) is 17.1. The number of ether oxygens (including phenoxy) is 2. The van der Waals surface area contributed by atoms with Crippen LogP contribution in [-0.4, -0.2) is 62.1 Å². The van der Waals surface area contributed by atoms with Crippen molar-refractivity contribution in [1.82, 2.24) is 4.90 Å². The molecular formula is C36H49BFNO5. The summed E-state index contributed by atoms with van der Waals surface area (Å²) in [6, 6.07) is 14.3. The van der Waals surface area contributed by atoms with Crippen LogP contribution in [0.4, 0.5) is 4.39 Å². The monoisotopic (exact) mass is 605 g/mol. The van der Waals surface area contributed by atoms with Crippen LogP contribution in [0.15, 0.2) is 47.9 Å². The number of carbonyl (C=O) groups is 1. The average molecular weight is 606 g/mol. The lowest BCUT2D eigenvalue weighted by Gasteiger charge is -2.32. The fraction of sp³-hybridized carbons (Fsp3) is 0.583. The molecule has 2 heterocycles. The highest BCUT2D eigenvalue weighted by Gasteiger charge is 2.53. The first kappa shape index (κ1) is 32.7. The standard InChI is InChI=1S/C36H49BFNO5/c1-34(2,3)33(40)42-29-16-17-30-27(22-29)10-8-11-31(37-43-35(4,5)36(6,7)44-37)32(30)26-12-14-28(15-13-26)41-24-25-18-21-39(23-25)20-9-19-38/h12-17,22,25H,8-11,18-21,23-24H2,1-7H3/t25-/m0/s1. The van der Waals surface area contributed by atoms with Gasteiger partial charge in [-0.1, -0.05) is 18.2 Å². The van der Waals surface area contributed by atoms with Crippen molar-refractivity contribution >= 4 is 18.7 Å². The number of alkyl halides is 1. The minimum atomic E-state index is -0.585. The molecule has 0 N–H and O–H groups in total. The molecule has 2 fully saturated rings. The van der Waals surface area contributed by atoms with Crippen molar-refractivity contribution in [1.29, 1.82) is 0 Å². The van der Waals surface area contributed by atoms with Gasteiger partial charge in [0.25, 0.3) is 0 Å². The van der Waals surface area contributed by atoms with Gasteiger partial charge in [0.05, 0.1) is 29.9 Å². The van der Waals surface area contributed by atoms with Crippen molar-refractivity contribution in [2.75, 3.05) is 32.9 Å². The molecule has 2 aromatic carbocycles. The van der Waals surface area contributed by atoms with E-state index in [0.717, 1.165) is 78.8 Å². The van der Waals surface area contributed by atoms with Gasteiger partial charge in [0.1, 0.15) is 11.5 Å². The maximum absolute atomic E-state index is 12.6. The second kappa shape index (κ2) is 13.0. The quantitative estimate of drug-likeness (QED) is 0.168. The highest BCUT2D eigenvalue weighted by atomic mass is 19.1. The van der Waals surface area contributed by atoms with Crippen molar-refractivity contribution in [3.8, 4) is 11.5 Å². The number of allylic oxidation sites excluding steroid dienone is 1. The number of likely N-dealkylation sites (tertiary alicyclic amines) is 1. The zero-order valence-electron chi connectivity index (χ0n) is 27.6. The van der Waals surface area contributed by atoms with Crippen LogP contribution in [0, 0.1) is 11.3 Å². The van der Waals surface area contributed by atoms with E-state index in [1.54, 1.807) is 0 Å². The predicted molar refractivity (Wildman–Crippen MR) is 174 cm³/mol. The van der Waals surface area contributed by atoms with Crippen molar-refractivity contribution in [3.63, 3.8) is 0 Å². The van der Waals surface area contributed by atoms with Crippen molar-refractivity contribution in [3.05, 3.63) is 64.6 Å². The first-order chi connectivity index (χ1) is 20.8. The second-order valence-corrected chi connectivity index (χ2v) is 14.6. The Balaban J connectivity index is 1.43. The van der Waals surface area contributed by atoms with Gasteiger partial charge in [-0.05, 0) is 139 Å². The molecule has 1 atom stereocenters. The van der Waals surface area contributed by atoms with Gasteiger partial charge >= 0.3 is 13.1 Å². The number of halogens is 1. The Labute approximate surface area is 263 Å². The van der Waals surface area contributed by atoms with Crippen LogP contribution in [0.25, 0.3) is 5.57 Å². The molecule has 2 saturated heterocycles. The molecule has 0 radical (unpaired) electrons.